The number of amides is 2. The van der Waals surface area contributed by atoms with Crippen molar-refractivity contribution in [1.29, 1.82) is 0 Å². The Labute approximate surface area is 134 Å². The summed E-state index contributed by atoms with van der Waals surface area (Å²) >= 11 is 0. The predicted octanol–water partition coefficient (Wildman–Crippen LogP) is 2.85. The van der Waals surface area contributed by atoms with Gasteiger partial charge in [0.2, 0.25) is 0 Å². The van der Waals surface area contributed by atoms with E-state index in [2.05, 4.69) is 10.3 Å². The van der Waals surface area contributed by atoms with Crippen LogP contribution < -0.4 is 5.32 Å². The summed E-state index contributed by atoms with van der Waals surface area (Å²) in [4.78, 5) is 28.3. The molecule has 0 radical (unpaired) electrons. The van der Waals surface area contributed by atoms with Crippen LogP contribution in [0.1, 0.15) is 29.7 Å². The number of hydrogen-bond donors (Lipinski definition) is 1. The summed E-state index contributed by atoms with van der Waals surface area (Å²) in [6.45, 7) is 1.95. The molecule has 0 fully saturated rings. The third-order valence-corrected chi connectivity index (χ3v) is 3.58. The van der Waals surface area contributed by atoms with Gasteiger partial charge < -0.3 is 10.1 Å². The standard InChI is InChI=1S/C18H16N2O3/c1-2-23-18(22)20-16-14-11-7-6-10-13(14)15(19-17(16)21)12-8-4-3-5-9-12/h3-11,16H,2H2,1H3,(H,20,22). The van der Waals surface area contributed by atoms with Crippen LogP contribution in [0.5, 0.6) is 0 Å². The Balaban J connectivity index is 2.02. The van der Waals surface area contributed by atoms with Gasteiger partial charge in [-0.15, -0.1) is 0 Å². The van der Waals surface area contributed by atoms with Crippen molar-refractivity contribution in [3.05, 3.63) is 71.3 Å². The van der Waals surface area contributed by atoms with Crippen LogP contribution in [-0.2, 0) is 9.53 Å². The first-order valence-electron chi connectivity index (χ1n) is 7.41. The third-order valence-electron chi connectivity index (χ3n) is 3.58. The average Bonchev–Trinajstić information content (AvgIpc) is 2.58. The topological polar surface area (TPSA) is 67.8 Å². The summed E-state index contributed by atoms with van der Waals surface area (Å²) in [5, 5.41) is 2.58. The molecule has 2 aromatic carbocycles. The summed E-state index contributed by atoms with van der Waals surface area (Å²) in [5.74, 6) is -0.407. The molecule has 2 aromatic rings. The fraction of sp³-hybridized carbons (Fsp3) is 0.167. The number of nitrogens with one attached hydrogen (secondary N) is 1. The van der Waals surface area contributed by atoms with Crippen LogP contribution in [0.15, 0.2) is 59.6 Å². The lowest BCUT2D eigenvalue weighted by Crippen LogP contribution is -2.37. The molecule has 0 aromatic heterocycles. The van der Waals surface area contributed by atoms with E-state index in [0.29, 0.717) is 5.71 Å². The van der Waals surface area contributed by atoms with Crippen LogP contribution in [0, 0.1) is 0 Å². The van der Waals surface area contributed by atoms with Crippen molar-refractivity contribution < 1.29 is 14.3 Å². The molecule has 3 rings (SSSR count). The second-order valence-electron chi connectivity index (χ2n) is 5.05. The maximum atomic E-state index is 12.4. The summed E-state index contributed by atoms with van der Waals surface area (Å²) < 4.78 is 4.87. The molecule has 1 aliphatic rings. The highest BCUT2D eigenvalue weighted by atomic mass is 16.5. The lowest BCUT2D eigenvalue weighted by Gasteiger charge is -2.24. The van der Waals surface area contributed by atoms with Crippen LogP contribution in [0.25, 0.3) is 0 Å². The molecule has 5 nitrogen and oxygen atoms in total. The summed E-state index contributed by atoms with van der Waals surface area (Å²) in [5.41, 5.74) is 3.04. The molecule has 0 saturated heterocycles. The van der Waals surface area contributed by atoms with Gasteiger partial charge in [-0.3, -0.25) is 4.79 Å². The Kier molecular flexibility index (Phi) is 4.19. The molecule has 2 amide bonds. The van der Waals surface area contributed by atoms with Gasteiger partial charge in [0.25, 0.3) is 5.91 Å². The van der Waals surface area contributed by atoms with Gasteiger partial charge >= 0.3 is 6.09 Å². The van der Waals surface area contributed by atoms with Crippen molar-refractivity contribution in [3.8, 4) is 0 Å². The molecule has 1 N–H and O–H groups in total. The van der Waals surface area contributed by atoms with E-state index in [0.717, 1.165) is 16.7 Å². The maximum Gasteiger partial charge on any atom is 0.408 e. The Morgan fingerprint density at radius 1 is 1.13 bits per heavy atom. The molecular weight excluding hydrogens is 292 g/mol. The summed E-state index contributed by atoms with van der Waals surface area (Å²) in [7, 11) is 0. The number of alkyl carbamates (subject to hydrolysis) is 1. The SMILES string of the molecule is CCOC(=O)NC1C(=O)N=C(c2ccccc2)c2ccccc21. The van der Waals surface area contributed by atoms with Crippen molar-refractivity contribution >= 4 is 17.7 Å². The number of ether oxygens (including phenoxy) is 1. The van der Waals surface area contributed by atoms with E-state index in [1.54, 1.807) is 6.92 Å². The molecule has 23 heavy (non-hydrogen) atoms. The third kappa shape index (κ3) is 2.99. The van der Waals surface area contributed by atoms with Gasteiger partial charge in [-0.25, -0.2) is 9.79 Å². The molecule has 1 heterocycles. The van der Waals surface area contributed by atoms with Crippen molar-refractivity contribution in [2.45, 2.75) is 13.0 Å². The van der Waals surface area contributed by atoms with Crippen molar-refractivity contribution in [2.24, 2.45) is 4.99 Å². The van der Waals surface area contributed by atoms with Crippen LogP contribution in [0.2, 0.25) is 0 Å². The molecular formula is C18H16N2O3. The van der Waals surface area contributed by atoms with Gasteiger partial charge in [-0.05, 0) is 12.5 Å². The first kappa shape index (κ1) is 15.0. The summed E-state index contributed by atoms with van der Waals surface area (Å²) in [6.07, 6.45) is -0.626. The van der Waals surface area contributed by atoms with Gasteiger partial charge in [-0.1, -0.05) is 54.6 Å². The maximum absolute atomic E-state index is 12.4. The zero-order valence-electron chi connectivity index (χ0n) is 12.7. The van der Waals surface area contributed by atoms with Crippen LogP contribution >= 0.6 is 0 Å². The molecule has 1 aliphatic heterocycles. The number of carbonyl (C=O) groups excluding carboxylic acids is 2. The molecule has 1 atom stereocenters. The van der Waals surface area contributed by atoms with Crippen molar-refractivity contribution in [1.82, 2.24) is 5.32 Å². The van der Waals surface area contributed by atoms with Crippen LogP contribution in [0.4, 0.5) is 4.79 Å². The zero-order chi connectivity index (χ0) is 16.2. The van der Waals surface area contributed by atoms with E-state index in [9.17, 15) is 9.59 Å². The zero-order valence-corrected chi connectivity index (χ0v) is 12.7. The normalized spacial score (nSPS) is 16.3. The molecule has 0 aliphatic carbocycles. The lowest BCUT2D eigenvalue weighted by molar-refractivity contribution is -0.120. The smallest absolute Gasteiger partial charge is 0.408 e. The van der Waals surface area contributed by atoms with E-state index in [1.807, 2.05) is 54.6 Å². The Hall–Kier alpha value is -2.95. The minimum absolute atomic E-state index is 0.243. The lowest BCUT2D eigenvalue weighted by atomic mass is 9.90. The monoisotopic (exact) mass is 308 g/mol. The molecule has 5 heteroatoms. The highest BCUT2D eigenvalue weighted by molar-refractivity contribution is 6.20. The number of benzene rings is 2. The van der Waals surface area contributed by atoms with Crippen molar-refractivity contribution in [3.63, 3.8) is 0 Å². The largest absolute Gasteiger partial charge is 0.450 e. The number of nitrogens with zero attached hydrogens (tertiary/aromatic N) is 1. The fourth-order valence-electron chi connectivity index (χ4n) is 2.58. The molecule has 0 saturated carbocycles. The number of fused-ring (bicyclic) bond motifs is 1. The Morgan fingerprint density at radius 3 is 2.57 bits per heavy atom. The second kappa shape index (κ2) is 6.44. The van der Waals surface area contributed by atoms with Gasteiger partial charge in [0.1, 0.15) is 6.04 Å². The fourth-order valence-corrected chi connectivity index (χ4v) is 2.58. The highest BCUT2D eigenvalue weighted by Crippen LogP contribution is 2.27. The van der Waals surface area contributed by atoms with E-state index in [4.69, 9.17) is 4.74 Å². The molecule has 1 unspecified atom stereocenters. The van der Waals surface area contributed by atoms with Gasteiger partial charge in [0.15, 0.2) is 0 Å². The Bertz CT molecular complexity index is 769. The number of aliphatic imine (C=N–C) groups is 1. The van der Waals surface area contributed by atoms with Crippen molar-refractivity contribution in [2.75, 3.05) is 6.61 Å². The average molecular weight is 308 g/mol. The van der Waals surface area contributed by atoms with E-state index in [-0.39, 0.29) is 6.61 Å². The minimum atomic E-state index is -0.822. The molecule has 116 valence electrons. The van der Waals surface area contributed by atoms with E-state index >= 15 is 0 Å². The van der Waals surface area contributed by atoms with E-state index < -0.39 is 18.0 Å². The first-order valence-corrected chi connectivity index (χ1v) is 7.41. The van der Waals surface area contributed by atoms with Gasteiger partial charge in [0.05, 0.1) is 12.3 Å². The van der Waals surface area contributed by atoms with Crippen LogP contribution in [0.3, 0.4) is 0 Å². The quantitative estimate of drug-likeness (QED) is 0.948. The number of hydrogen-bond acceptors (Lipinski definition) is 3. The number of rotatable bonds is 3. The minimum Gasteiger partial charge on any atom is -0.450 e. The predicted molar refractivity (Wildman–Crippen MR) is 86.4 cm³/mol. The van der Waals surface area contributed by atoms with E-state index in [1.165, 1.54) is 0 Å². The highest BCUT2D eigenvalue weighted by Gasteiger charge is 2.31. The second-order valence-corrected chi connectivity index (χ2v) is 5.05. The molecule has 0 spiro atoms. The van der Waals surface area contributed by atoms with Gasteiger partial charge in [0, 0.05) is 11.1 Å². The van der Waals surface area contributed by atoms with Crippen LogP contribution in [-0.4, -0.2) is 24.3 Å². The molecule has 0 bridgehead atoms. The summed E-state index contributed by atoms with van der Waals surface area (Å²) in [6, 6.07) is 16.1. The Morgan fingerprint density at radius 2 is 1.83 bits per heavy atom. The first-order chi connectivity index (χ1) is 11.2. The van der Waals surface area contributed by atoms with Gasteiger partial charge in [-0.2, -0.15) is 0 Å². The number of carbonyl (C=O) groups is 2.